The lowest BCUT2D eigenvalue weighted by molar-refractivity contribution is -0.596. The number of pyridine rings is 1. The Bertz CT molecular complexity index is 759. The van der Waals surface area contributed by atoms with Gasteiger partial charge in [-0.3, -0.25) is 4.79 Å². The van der Waals surface area contributed by atoms with Crippen molar-refractivity contribution in [2.45, 2.75) is 116 Å². The lowest BCUT2D eigenvalue weighted by Crippen LogP contribution is -2.32. The van der Waals surface area contributed by atoms with Gasteiger partial charge in [0.05, 0.1) is 5.92 Å². The topological polar surface area (TPSA) is 41.2 Å². The largest absolute Gasteiger partial charge is 0.481 e. The van der Waals surface area contributed by atoms with Crippen LogP contribution in [0.15, 0.2) is 54.9 Å². The molecule has 1 aromatic carbocycles. The van der Waals surface area contributed by atoms with E-state index >= 15 is 0 Å². The predicted octanol–water partition coefficient (Wildman–Crippen LogP) is 8.39. The second kappa shape index (κ2) is 17.3. The van der Waals surface area contributed by atoms with Crippen LogP contribution in [0.25, 0.3) is 5.69 Å². The Morgan fingerprint density at radius 1 is 0.697 bits per heavy atom. The summed E-state index contributed by atoms with van der Waals surface area (Å²) < 4.78 is 2.01. The number of aliphatic carboxylic acids is 1. The molecule has 182 valence electrons. The number of unbranched alkanes of at least 4 members (excludes halogenated alkanes) is 14. The Kier molecular flexibility index (Phi) is 14.2. The lowest BCUT2D eigenvalue weighted by Gasteiger charge is -2.14. The third-order valence-corrected chi connectivity index (χ3v) is 6.70. The molecule has 1 N–H and O–H groups in total. The summed E-state index contributed by atoms with van der Waals surface area (Å²) in [7, 11) is 0. The van der Waals surface area contributed by atoms with Crippen LogP contribution in [0.5, 0.6) is 0 Å². The van der Waals surface area contributed by atoms with Crippen LogP contribution in [0.1, 0.15) is 121 Å². The summed E-state index contributed by atoms with van der Waals surface area (Å²) >= 11 is 0. The molecule has 0 saturated carbocycles. The van der Waals surface area contributed by atoms with Crippen LogP contribution < -0.4 is 4.57 Å². The van der Waals surface area contributed by atoms with Crippen LogP contribution >= 0.6 is 0 Å². The van der Waals surface area contributed by atoms with E-state index in [0.29, 0.717) is 6.42 Å². The molecular formula is C30H46NO2+. The highest BCUT2D eigenvalue weighted by molar-refractivity contribution is 5.77. The van der Waals surface area contributed by atoms with Crippen molar-refractivity contribution < 1.29 is 14.5 Å². The molecule has 3 nitrogen and oxygen atoms in total. The molecule has 1 heterocycles. The van der Waals surface area contributed by atoms with Gasteiger partial charge in [-0.25, -0.2) is 0 Å². The van der Waals surface area contributed by atoms with E-state index < -0.39 is 11.9 Å². The molecular weight excluding hydrogens is 406 g/mol. The van der Waals surface area contributed by atoms with Gasteiger partial charge < -0.3 is 5.11 Å². The first kappa shape index (κ1) is 27.1. The molecule has 0 spiro atoms. The Labute approximate surface area is 202 Å². The monoisotopic (exact) mass is 452 g/mol. The minimum atomic E-state index is -0.718. The van der Waals surface area contributed by atoms with Crippen molar-refractivity contribution in [1.29, 1.82) is 0 Å². The number of nitrogens with zero attached hydrogens (tertiary/aromatic N) is 1. The van der Waals surface area contributed by atoms with E-state index in [-0.39, 0.29) is 0 Å². The Morgan fingerprint density at radius 2 is 1.18 bits per heavy atom. The maximum Gasteiger partial charge on any atom is 0.311 e. The quantitative estimate of drug-likeness (QED) is 0.172. The van der Waals surface area contributed by atoms with Crippen molar-refractivity contribution in [2.75, 3.05) is 0 Å². The molecule has 1 unspecified atom stereocenters. The SMILES string of the molecule is CCCCCCCCCCCCCCCCCC(C(=O)O)c1ccccc1-[n+]1ccccc1. The van der Waals surface area contributed by atoms with Crippen molar-refractivity contribution in [3.8, 4) is 5.69 Å². The van der Waals surface area contributed by atoms with Crippen molar-refractivity contribution in [3.63, 3.8) is 0 Å². The fraction of sp³-hybridized carbons (Fsp3) is 0.600. The van der Waals surface area contributed by atoms with Gasteiger partial charge in [-0.2, -0.15) is 4.57 Å². The number of para-hydroxylation sites is 1. The normalized spacial score (nSPS) is 12.0. The summed E-state index contributed by atoms with van der Waals surface area (Å²) in [6.45, 7) is 2.28. The lowest BCUT2D eigenvalue weighted by atomic mass is 9.91. The van der Waals surface area contributed by atoms with E-state index in [1.165, 1.54) is 83.5 Å². The molecule has 0 aliphatic carbocycles. The minimum Gasteiger partial charge on any atom is -0.481 e. The Hall–Kier alpha value is -2.16. The van der Waals surface area contributed by atoms with E-state index in [2.05, 4.69) is 6.92 Å². The van der Waals surface area contributed by atoms with E-state index in [9.17, 15) is 9.90 Å². The number of benzene rings is 1. The molecule has 2 rings (SSSR count). The maximum atomic E-state index is 12.1. The first-order valence-corrected chi connectivity index (χ1v) is 13.5. The Morgan fingerprint density at radius 3 is 1.70 bits per heavy atom. The highest BCUT2D eigenvalue weighted by atomic mass is 16.4. The molecule has 1 aromatic heterocycles. The minimum absolute atomic E-state index is 0.448. The Balaban J connectivity index is 1.60. The van der Waals surface area contributed by atoms with Crippen LogP contribution in [-0.4, -0.2) is 11.1 Å². The van der Waals surface area contributed by atoms with Gasteiger partial charge in [0.25, 0.3) is 0 Å². The molecule has 0 aliphatic heterocycles. The van der Waals surface area contributed by atoms with Gasteiger partial charge in [0, 0.05) is 23.8 Å². The summed E-state index contributed by atoms with van der Waals surface area (Å²) in [5.41, 5.74) is 1.87. The van der Waals surface area contributed by atoms with E-state index in [4.69, 9.17) is 0 Å². The zero-order valence-corrected chi connectivity index (χ0v) is 20.9. The summed E-state index contributed by atoms with van der Waals surface area (Å²) in [4.78, 5) is 12.1. The first-order valence-electron chi connectivity index (χ1n) is 13.5. The number of carbonyl (C=O) groups is 1. The highest BCUT2D eigenvalue weighted by Gasteiger charge is 2.25. The fourth-order valence-electron chi connectivity index (χ4n) is 4.71. The zero-order valence-electron chi connectivity index (χ0n) is 20.9. The number of hydrogen-bond donors (Lipinski definition) is 1. The van der Waals surface area contributed by atoms with E-state index in [1.54, 1.807) is 0 Å². The smallest absolute Gasteiger partial charge is 0.311 e. The van der Waals surface area contributed by atoms with Crippen LogP contribution in [0, 0.1) is 0 Å². The van der Waals surface area contributed by atoms with Gasteiger partial charge in [0.2, 0.25) is 5.69 Å². The van der Waals surface area contributed by atoms with Crippen molar-refractivity contribution in [1.82, 2.24) is 0 Å². The second-order valence-electron chi connectivity index (χ2n) is 9.47. The van der Waals surface area contributed by atoms with E-state index in [0.717, 1.165) is 24.1 Å². The molecule has 0 amide bonds. The summed E-state index contributed by atoms with van der Waals surface area (Å²) in [5.74, 6) is -1.17. The van der Waals surface area contributed by atoms with Crippen molar-refractivity contribution in [2.24, 2.45) is 0 Å². The predicted molar refractivity (Wildman–Crippen MR) is 138 cm³/mol. The standard InChI is InChI=1S/C30H45NO2/c1-2-3-4-5-6-7-8-9-10-11-12-13-14-15-17-23-28(30(32)33)27-22-18-19-24-29(27)31-25-20-16-21-26-31/h16,18-22,24-26,28H,2-15,17,23H2,1H3/p+1. The average molecular weight is 453 g/mol. The second-order valence-corrected chi connectivity index (χ2v) is 9.47. The van der Waals surface area contributed by atoms with Gasteiger partial charge in [0.1, 0.15) is 0 Å². The fourth-order valence-corrected chi connectivity index (χ4v) is 4.71. The summed E-state index contributed by atoms with van der Waals surface area (Å²) in [6, 6.07) is 13.8. The first-order chi connectivity index (χ1) is 16.2. The molecule has 0 radical (unpaired) electrons. The van der Waals surface area contributed by atoms with Gasteiger partial charge in [-0.05, 0) is 6.42 Å². The number of carboxylic acid groups (broad SMARTS) is 1. The number of rotatable bonds is 19. The van der Waals surface area contributed by atoms with Crippen LogP contribution in [0.4, 0.5) is 0 Å². The average Bonchev–Trinajstić information content (AvgIpc) is 2.84. The molecule has 33 heavy (non-hydrogen) atoms. The summed E-state index contributed by atoms with van der Waals surface area (Å²) in [6.07, 6.45) is 24.5. The molecule has 0 fully saturated rings. The van der Waals surface area contributed by atoms with Gasteiger partial charge in [-0.1, -0.05) is 128 Å². The van der Waals surface area contributed by atoms with Crippen LogP contribution in [-0.2, 0) is 4.79 Å². The number of aromatic nitrogens is 1. The highest BCUT2D eigenvalue weighted by Crippen LogP contribution is 2.26. The number of carboxylic acids is 1. The van der Waals surface area contributed by atoms with Gasteiger partial charge in [-0.15, -0.1) is 0 Å². The maximum absolute atomic E-state index is 12.1. The molecule has 0 saturated heterocycles. The van der Waals surface area contributed by atoms with Crippen LogP contribution in [0.2, 0.25) is 0 Å². The van der Waals surface area contributed by atoms with Gasteiger partial charge in [0.15, 0.2) is 12.4 Å². The molecule has 2 aromatic rings. The number of hydrogen-bond acceptors (Lipinski definition) is 1. The molecule has 1 atom stereocenters. The van der Waals surface area contributed by atoms with Crippen molar-refractivity contribution >= 4 is 5.97 Å². The zero-order chi connectivity index (χ0) is 23.6. The third kappa shape index (κ3) is 11.0. The summed E-state index contributed by atoms with van der Waals surface area (Å²) in [5, 5.41) is 9.90. The molecule has 0 aliphatic rings. The third-order valence-electron chi connectivity index (χ3n) is 6.70. The molecule has 3 heteroatoms. The van der Waals surface area contributed by atoms with Crippen LogP contribution in [0.3, 0.4) is 0 Å². The van der Waals surface area contributed by atoms with E-state index in [1.807, 2.05) is 59.4 Å². The molecule has 0 bridgehead atoms. The van der Waals surface area contributed by atoms with Gasteiger partial charge >= 0.3 is 5.97 Å². The van der Waals surface area contributed by atoms with Crippen molar-refractivity contribution in [3.05, 3.63) is 60.4 Å².